The summed E-state index contributed by atoms with van der Waals surface area (Å²) in [5.41, 5.74) is -0.425. The molecule has 1 aliphatic rings. The molecule has 0 spiro atoms. The van der Waals surface area contributed by atoms with Crippen molar-refractivity contribution >= 4 is 17.3 Å². The highest BCUT2D eigenvalue weighted by Crippen LogP contribution is 2.25. The van der Waals surface area contributed by atoms with Gasteiger partial charge in [0.2, 0.25) is 5.91 Å². The Morgan fingerprint density at radius 3 is 2.84 bits per heavy atom. The molecule has 102 valence electrons. The van der Waals surface area contributed by atoms with Crippen LogP contribution < -0.4 is 10.6 Å². The molecule has 0 unspecified atom stereocenters. The van der Waals surface area contributed by atoms with Gasteiger partial charge in [-0.3, -0.25) is 14.9 Å². The minimum Gasteiger partial charge on any atom is -0.320 e. The molecule has 6 nitrogen and oxygen atoms in total. The van der Waals surface area contributed by atoms with Crippen LogP contribution in [-0.2, 0) is 4.79 Å². The molecule has 1 aromatic rings. The number of carbonyl (C=O) groups excluding carboxylic acids is 1. The van der Waals surface area contributed by atoms with Crippen molar-refractivity contribution in [3.05, 3.63) is 34.1 Å². The van der Waals surface area contributed by atoms with E-state index in [1.54, 1.807) is 0 Å². The summed E-state index contributed by atoms with van der Waals surface area (Å²) in [6.07, 6.45) is 2.49. The Morgan fingerprint density at radius 2 is 2.21 bits per heavy atom. The highest BCUT2D eigenvalue weighted by Gasteiger charge is 2.21. The minimum absolute atomic E-state index is 0.0165. The SMILES string of the molecule is O=C(CCNC1CC1)Nc1ccc(F)cc1[N+](=O)[O-]. The van der Waals surface area contributed by atoms with Crippen LogP contribution in [0.2, 0.25) is 0 Å². The molecule has 2 N–H and O–H groups in total. The van der Waals surface area contributed by atoms with Crippen molar-refractivity contribution in [1.82, 2.24) is 5.32 Å². The molecule has 0 aliphatic heterocycles. The first-order chi connectivity index (χ1) is 9.06. The molecule has 0 aromatic heterocycles. The van der Waals surface area contributed by atoms with Crippen molar-refractivity contribution < 1.29 is 14.1 Å². The van der Waals surface area contributed by atoms with E-state index in [1.165, 1.54) is 6.07 Å². The maximum Gasteiger partial charge on any atom is 0.295 e. The minimum atomic E-state index is -0.721. The zero-order valence-corrected chi connectivity index (χ0v) is 10.2. The highest BCUT2D eigenvalue weighted by atomic mass is 19.1. The average molecular weight is 267 g/mol. The summed E-state index contributed by atoms with van der Waals surface area (Å²) in [6, 6.07) is 3.57. The molecular formula is C12H14FN3O3. The van der Waals surface area contributed by atoms with Crippen molar-refractivity contribution in [2.24, 2.45) is 0 Å². The lowest BCUT2D eigenvalue weighted by atomic mass is 10.2. The fourth-order valence-electron chi connectivity index (χ4n) is 1.65. The van der Waals surface area contributed by atoms with Gasteiger partial charge in [-0.05, 0) is 25.0 Å². The van der Waals surface area contributed by atoms with Crippen molar-refractivity contribution in [2.75, 3.05) is 11.9 Å². The molecule has 7 heteroatoms. The molecular weight excluding hydrogens is 253 g/mol. The number of nitro benzene ring substituents is 1. The smallest absolute Gasteiger partial charge is 0.295 e. The fourth-order valence-corrected chi connectivity index (χ4v) is 1.65. The van der Waals surface area contributed by atoms with Crippen LogP contribution in [0.1, 0.15) is 19.3 Å². The summed E-state index contributed by atoms with van der Waals surface area (Å²) in [4.78, 5) is 21.6. The number of halogens is 1. The Balaban J connectivity index is 1.93. The Labute approximate surface area is 109 Å². The lowest BCUT2D eigenvalue weighted by Crippen LogP contribution is -2.23. The van der Waals surface area contributed by atoms with E-state index >= 15 is 0 Å². The second-order valence-corrected chi connectivity index (χ2v) is 4.45. The summed E-state index contributed by atoms with van der Waals surface area (Å²) in [6.45, 7) is 0.533. The summed E-state index contributed by atoms with van der Waals surface area (Å²) < 4.78 is 12.9. The highest BCUT2D eigenvalue weighted by molar-refractivity contribution is 5.93. The Bertz CT molecular complexity index is 503. The maximum atomic E-state index is 12.9. The lowest BCUT2D eigenvalue weighted by Gasteiger charge is -2.06. The van der Waals surface area contributed by atoms with E-state index in [4.69, 9.17) is 0 Å². The first kappa shape index (κ1) is 13.4. The Hall–Kier alpha value is -2.02. The topological polar surface area (TPSA) is 84.3 Å². The molecule has 1 saturated carbocycles. The molecule has 19 heavy (non-hydrogen) atoms. The number of hydrogen-bond acceptors (Lipinski definition) is 4. The number of nitro groups is 1. The van der Waals surface area contributed by atoms with E-state index in [0.717, 1.165) is 25.0 Å². The number of benzene rings is 1. The third-order valence-electron chi connectivity index (χ3n) is 2.79. The summed E-state index contributed by atoms with van der Waals surface area (Å²) in [5.74, 6) is -1.04. The van der Waals surface area contributed by atoms with E-state index in [-0.39, 0.29) is 18.0 Å². The van der Waals surface area contributed by atoms with E-state index < -0.39 is 16.4 Å². The lowest BCUT2D eigenvalue weighted by molar-refractivity contribution is -0.384. The van der Waals surface area contributed by atoms with Gasteiger partial charge in [0.05, 0.1) is 11.0 Å². The Kier molecular flexibility index (Phi) is 4.06. The second-order valence-electron chi connectivity index (χ2n) is 4.45. The largest absolute Gasteiger partial charge is 0.320 e. The van der Waals surface area contributed by atoms with Gasteiger partial charge in [-0.2, -0.15) is 0 Å². The van der Waals surface area contributed by atoms with Crippen LogP contribution in [0.25, 0.3) is 0 Å². The first-order valence-electron chi connectivity index (χ1n) is 6.03. The molecule has 1 fully saturated rings. The van der Waals surface area contributed by atoms with Crippen LogP contribution in [0.4, 0.5) is 15.8 Å². The van der Waals surface area contributed by atoms with Gasteiger partial charge < -0.3 is 10.6 Å². The summed E-state index contributed by atoms with van der Waals surface area (Å²) in [7, 11) is 0. The zero-order chi connectivity index (χ0) is 13.8. The molecule has 2 rings (SSSR count). The van der Waals surface area contributed by atoms with Gasteiger partial charge in [0.15, 0.2) is 0 Å². The van der Waals surface area contributed by atoms with Gasteiger partial charge in [-0.15, -0.1) is 0 Å². The van der Waals surface area contributed by atoms with E-state index in [1.807, 2.05) is 0 Å². The number of hydrogen-bond donors (Lipinski definition) is 2. The molecule has 0 saturated heterocycles. The monoisotopic (exact) mass is 267 g/mol. The number of nitrogens with one attached hydrogen (secondary N) is 2. The second kappa shape index (κ2) is 5.75. The van der Waals surface area contributed by atoms with E-state index in [0.29, 0.717) is 12.6 Å². The predicted octanol–water partition coefficient (Wildman–Crippen LogP) is 1.81. The van der Waals surface area contributed by atoms with Crippen molar-refractivity contribution in [2.45, 2.75) is 25.3 Å². The normalized spacial score (nSPS) is 14.2. The molecule has 1 amide bonds. The van der Waals surface area contributed by atoms with Gasteiger partial charge in [-0.25, -0.2) is 4.39 Å². The standard InChI is InChI=1S/C12H14FN3O3/c13-8-1-4-10(11(7-8)16(18)19)15-12(17)5-6-14-9-2-3-9/h1,4,7,9,14H,2-3,5-6H2,(H,15,17). The average Bonchev–Trinajstić information content (AvgIpc) is 3.15. The summed E-state index contributed by atoms with van der Waals surface area (Å²) in [5, 5.41) is 16.3. The molecule has 0 bridgehead atoms. The van der Waals surface area contributed by atoms with Crippen molar-refractivity contribution in [1.29, 1.82) is 0 Å². The first-order valence-corrected chi connectivity index (χ1v) is 6.03. The maximum absolute atomic E-state index is 12.9. The number of amides is 1. The van der Waals surface area contributed by atoms with Crippen LogP contribution in [0.15, 0.2) is 18.2 Å². The van der Waals surface area contributed by atoms with Crippen molar-refractivity contribution in [3.63, 3.8) is 0 Å². The van der Waals surface area contributed by atoms with Crippen molar-refractivity contribution in [3.8, 4) is 0 Å². The van der Waals surface area contributed by atoms with Gasteiger partial charge in [0.1, 0.15) is 11.5 Å². The van der Waals surface area contributed by atoms with E-state index in [9.17, 15) is 19.3 Å². The molecule has 1 aromatic carbocycles. The zero-order valence-electron chi connectivity index (χ0n) is 10.2. The van der Waals surface area contributed by atoms with Crippen LogP contribution in [0.5, 0.6) is 0 Å². The third kappa shape index (κ3) is 3.99. The molecule has 1 aliphatic carbocycles. The molecule has 0 atom stereocenters. The van der Waals surface area contributed by atoms with E-state index in [2.05, 4.69) is 10.6 Å². The molecule has 0 heterocycles. The van der Waals surface area contributed by atoms with Crippen LogP contribution in [0.3, 0.4) is 0 Å². The van der Waals surface area contributed by atoms with Crippen LogP contribution in [0, 0.1) is 15.9 Å². The summed E-state index contributed by atoms with van der Waals surface area (Å²) >= 11 is 0. The quantitative estimate of drug-likeness (QED) is 0.608. The number of carbonyl (C=O) groups is 1. The number of anilines is 1. The van der Waals surface area contributed by atoms with Crippen LogP contribution in [-0.4, -0.2) is 23.4 Å². The van der Waals surface area contributed by atoms with Crippen LogP contribution >= 0.6 is 0 Å². The third-order valence-corrected chi connectivity index (χ3v) is 2.79. The fraction of sp³-hybridized carbons (Fsp3) is 0.417. The predicted molar refractivity (Wildman–Crippen MR) is 67.3 cm³/mol. The number of nitrogens with zero attached hydrogens (tertiary/aromatic N) is 1. The Morgan fingerprint density at radius 1 is 1.47 bits per heavy atom. The van der Waals surface area contributed by atoms with Gasteiger partial charge in [0, 0.05) is 19.0 Å². The molecule has 0 radical (unpaired) electrons. The number of rotatable bonds is 6. The van der Waals surface area contributed by atoms with Gasteiger partial charge >= 0.3 is 0 Å². The van der Waals surface area contributed by atoms with Gasteiger partial charge in [-0.1, -0.05) is 0 Å². The van der Waals surface area contributed by atoms with Gasteiger partial charge in [0.25, 0.3) is 5.69 Å².